The van der Waals surface area contributed by atoms with Gasteiger partial charge < -0.3 is 9.84 Å². The SMILES string of the molecule is COc1ccc(CCC(O)c2ccc(Cl)cc2Br)cc1. The van der Waals surface area contributed by atoms with Crippen molar-refractivity contribution in [2.45, 2.75) is 18.9 Å². The van der Waals surface area contributed by atoms with E-state index < -0.39 is 6.10 Å². The first-order valence-electron chi connectivity index (χ1n) is 6.36. The zero-order valence-corrected chi connectivity index (χ0v) is 13.5. The van der Waals surface area contributed by atoms with Crippen LogP contribution in [0.3, 0.4) is 0 Å². The number of methoxy groups -OCH3 is 1. The normalized spacial score (nSPS) is 12.2. The quantitative estimate of drug-likeness (QED) is 0.836. The predicted molar refractivity (Wildman–Crippen MR) is 85.4 cm³/mol. The molecule has 1 atom stereocenters. The van der Waals surface area contributed by atoms with Gasteiger partial charge in [-0.3, -0.25) is 0 Å². The van der Waals surface area contributed by atoms with Crippen LogP contribution in [0, 0.1) is 0 Å². The third-order valence-corrected chi connectivity index (χ3v) is 4.11. The molecule has 2 aromatic rings. The van der Waals surface area contributed by atoms with Crippen LogP contribution in [0.25, 0.3) is 0 Å². The molecule has 1 unspecified atom stereocenters. The summed E-state index contributed by atoms with van der Waals surface area (Å²) in [5.41, 5.74) is 2.04. The van der Waals surface area contributed by atoms with Crippen molar-refractivity contribution in [2.24, 2.45) is 0 Å². The van der Waals surface area contributed by atoms with Crippen LogP contribution in [0.15, 0.2) is 46.9 Å². The molecule has 0 bridgehead atoms. The summed E-state index contributed by atoms with van der Waals surface area (Å²) in [4.78, 5) is 0. The van der Waals surface area contributed by atoms with Crippen LogP contribution >= 0.6 is 27.5 Å². The molecule has 0 saturated carbocycles. The Morgan fingerprint density at radius 2 is 1.90 bits per heavy atom. The van der Waals surface area contributed by atoms with Gasteiger partial charge in [-0.2, -0.15) is 0 Å². The molecule has 20 heavy (non-hydrogen) atoms. The van der Waals surface area contributed by atoms with Gasteiger partial charge in [-0.15, -0.1) is 0 Å². The fraction of sp³-hybridized carbons (Fsp3) is 0.250. The van der Waals surface area contributed by atoms with E-state index in [1.54, 1.807) is 19.2 Å². The maximum absolute atomic E-state index is 10.3. The van der Waals surface area contributed by atoms with E-state index in [1.807, 2.05) is 30.3 Å². The highest BCUT2D eigenvalue weighted by Crippen LogP contribution is 2.29. The van der Waals surface area contributed by atoms with E-state index >= 15 is 0 Å². The number of benzene rings is 2. The van der Waals surface area contributed by atoms with E-state index in [-0.39, 0.29) is 0 Å². The van der Waals surface area contributed by atoms with E-state index in [0.717, 1.165) is 22.2 Å². The number of hydrogen-bond donors (Lipinski definition) is 1. The van der Waals surface area contributed by atoms with Gasteiger partial charge in [-0.1, -0.05) is 45.7 Å². The summed E-state index contributed by atoms with van der Waals surface area (Å²) in [5.74, 6) is 0.842. The van der Waals surface area contributed by atoms with Gasteiger partial charge in [0.25, 0.3) is 0 Å². The van der Waals surface area contributed by atoms with Crippen molar-refractivity contribution < 1.29 is 9.84 Å². The molecule has 0 aliphatic heterocycles. The van der Waals surface area contributed by atoms with Crippen LogP contribution in [-0.2, 0) is 6.42 Å². The lowest BCUT2D eigenvalue weighted by molar-refractivity contribution is 0.167. The molecular weight excluding hydrogens is 340 g/mol. The molecule has 0 aliphatic rings. The number of halogens is 2. The van der Waals surface area contributed by atoms with Crippen molar-refractivity contribution in [2.75, 3.05) is 7.11 Å². The summed E-state index contributed by atoms with van der Waals surface area (Å²) >= 11 is 9.33. The Morgan fingerprint density at radius 1 is 1.20 bits per heavy atom. The Balaban J connectivity index is 1.98. The molecule has 2 nitrogen and oxygen atoms in total. The van der Waals surface area contributed by atoms with Crippen LogP contribution in [0.5, 0.6) is 5.75 Å². The fourth-order valence-corrected chi connectivity index (χ4v) is 2.97. The van der Waals surface area contributed by atoms with E-state index in [4.69, 9.17) is 16.3 Å². The largest absolute Gasteiger partial charge is 0.497 e. The lowest BCUT2D eigenvalue weighted by atomic mass is 10.0. The summed E-state index contributed by atoms with van der Waals surface area (Å²) in [6.45, 7) is 0. The molecule has 0 fully saturated rings. The first-order chi connectivity index (χ1) is 9.60. The number of rotatable bonds is 5. The molecule has 2 rings (SSSR count). The third kappa shape index (κ3) is 3.98. The monoisotopic (exact) mass is 354 g/mol. The second-order valence-electron chi connectivity index (χ2n) is 4.57. The first-order valence-corrected chi connectivity index (χ1v) is 7.53. The van der Waals surface area contributed by atoms with Crippen LogP contribution < -0.4 is 4.74 Å². The summed E-state index contributed by atoms with van der Waals surface area (Å²) in [5, 5.41) is 10.9. The average Bonchev–Trinajstić information content (AvgIpc) is 2.45. The van der Waals surface area contributed by atoms with Crippen molar-refractivity contribution >= 4 is 27.5 Å². The van der Waals surface area contributed by atoms with Crippen molar-refractivity contribution in [3.8, 4) is 5.75 Å². The van der Waals surface area contributed by atoms with Gasteiger partial charge in [0.1, 0.15) is 5.75 Å². The number of aryl methyl sites for hydroxylation is 1. The highest BCUT2D eigenvalue weighted by molar-refractivity contribution is 9.10. The Kier molecular flexibility index (Phi) is 5.46. The van der Waals surface area contributed by atoms with Crippen molar-refractivity contribution in [1.82, 2.24) is 0 Å². The van der Waals surface area contributed by atoms with Crippen LogP contribution in [-0.4, -0.2) is 12.2 Å². The van der Waals surface area contributed by atoms with E-state index in [9.17, 15) is 5.11 Å². The summed E-state index contributed by atoms with van der Waals surface area (Å²) in [7, 11) is 1.65. The average molecular weight is 356 g/mol. The second-order valence-corrected chi connectivity index (χ2v) is 5.86. The van der Waals surface area contributed by atoms with E-state index in [2.05, 4.69) is 15.9 Å². The number of ether oxygens (including phenoxy) is 1. The zero-order valence-electron chi connectivity index (χ0n) is 11.1. The van der Waals surface area contributed by atoms with Crippen LogP contribution in [0.2, 0.25) is 5.02 Å². The van der Waals surface area contributed by atoms with Gasteiger partial charge >= 0.3 is 0 Å². The minimum Gasteiger partial charge on any atom is -0.497 e. The molecule has 0 radical (unpaired) electrons. The van der Waals surface area contributed by atoms with E-state index in [1.165, 1.54) is 5.56 Å². The minimum absolute atomic E-state index is 0.510. The summed E-state index contributed by atoms with van der Waals surface area (Å²) < 4.78 is 5.96. The Labute approximate surface area is 132 Å². The second kappa shape index (κ2) is 7.11. The topological polar surface area (TPSA) is 29.5 Å². The molecule has 0 amide bonds. The number of aliphatic hydroxyl groups is 1. The molecule has 0 heterocycles. The van der Waals surface area contributed by atoms with Gasteiger partial charge in [0.05, 0.1) is 13.2 Å². The number of aliphatic hydroxyl groups excluding tert-OH is 1. The van der Waals surface area contributed by atoms with Gasteiger partial charge in [0.2, 0.25) is 0 Å². The highest BCUT2D eigenvalue weighted by Gasteiger charge is 2.11. The Morgan fingerprint density at radius 3 is 2.50 bits per heavy atom. The molecule has 0 saturated heterocycles. The molecule has 1 N–H and O–H groups in total. The van der Waals surface area contributed by atoms with Gasteiger partial charge in [0, 0.05) is 9.50 Å². The third-order valence-electron chi connectivity index (χ3n) is 3.19. The number of hydrogen-bond acceptors (Lipinski definition) is 2. The Hall–Kier alpha value is -1.03. The van der Waals surface area contributed by atoms with E-state index in [0.29, 0.717) is 11.4 Å². The zero-order chi connectivity index (χ0) is 14.5. The summed E-state index contributed by atoms with van der Waals surface area (Å²) in [6, 6.07) is 13.3. The maximum Gasteiger partial charge on any atom is 0.118 e. The molecule has 0 spiro atoms. The van der Waals surface area contributed by atoms with Crippen molar-refractivity contribution in [3.63, 3.8) is 0 Å². The van der Waals surface area contributed by atoms with Gasteiger partial charge in [0.15, 0.2) is 0 Å². The molecule has 0 aromatic heterocycles. The predicted octanol–water partition coefficient (Wildman–Crippen LogP) is 4.78. The van der Waals surface area contributed by atoms with Gasteiger partial charge in [-0.05, 0) is 48.2 Å². The molecule has 4 heteroatoms. The smallest absolute Gasteiger partial charge is 0.118 e. The maximum atomic E-state index is 10.3. The first kappa shape index (κ1) is 15.4. The lowest BCUT2D eigenvalue weighted by Crippen LogP contribution is -2.00. The van der Waals surface area contributed by atoms with Crippen LogP contribution in [0.1, 0.15) is 23.7 Å². The standard InChI is InChI=1S/C16H16BrClO2/c1-20-13-6-2-11(3-7-13)4-9-16(19)14-8-5-12(18)10-15(14)17/h2-3,5-8,10,16,19H,4,9H2,1H3. The van der Waals surface area contributed by atoms with Crippen molar-refractivity contribution in [3.05, 3.63) is 63.1 Å². The van der Waals surface area contributed by atoms with Crippen molar-refractivity contribution in [1.29, 1.82) is 0 Å². The summed E-state index contributed by atoms with van der Waals surface area (Å²) in [6.07, 6.45) is 0.955. The fourth-order valence-electron chi connectivity index (χ4n) is 2.02. The van der Waals surface area contributed by atoms with Gasteiger partial charge in [-0.25, -0.2) is 0 Å². The Bertz CT molecular complexity index is 569. The van der Waals surface area contributed by atoms with Crippen LogP contribution in [0.4, 0.5) is 0 Å². The minimum atomic E-state index is -0.510. The molecular formula is C16H16BrClO2. The lowest BCUT2D eigenvalue weighted by Gasteiger charge is -2.13. The molecule has 0 aliphatic carbocycles. The molecule has 106 valence electrons. The molecule has 2 aromatic carbocycles. The highest BCUT2D eigenvalue weighted by atomic mass is 79.9.